The summed E-state index contributed by atoms with van der Waals surface area (Å²) in [6.45, 7) is 3.97. The number of hydrogen-bond acceptors (Lipinski definition) is 3. The molecule has 0 unspecified atom stereocenters. The maximum atomic E-state index is 13.4. The minimum atomic E-state index is -3.85. The highest BCUT2D eigenvalue weighted by molar-refractivity contribution is 7.92. The number of nitrogens with zero attached hydrogens (tertiary/aromatic N) is 1. The normalized spacial score (nSPS) is 23.0. The van der Waals surface area contributed by atoms with Crippen LogP contribution in [-0.2, 0) is 14.8 Å². The van der Waals surface area contributed by atoms with Crippen LogP contribution in [0.4, 0.5) is 5.69 Å². The Morgan fingerprint density at radius 2 is 1.73 bits per heavy atom. The average Bonchev–Trinajstić information content (AvgIpc) is 3.36. The lowest BCUT2D eigenvalue weighted by Gasteiger charge is -2.27. The monoisotopic (exact) mass is 426 g/mol. The first-order valence-electron chi connectivity index (χ1n) is 10.8. The predicted molar refractivity (Wildman–Crippen MR) is 119 cm³/mol. The van der Waals surface area contributed by atoms with Crippen molar-refractivity contribution < 1.29 is 13.2 Å². The van der Waals surface area contributed by atoms with Gasteiger partial charge < -0.3 is 5.32 Å². The first-order chi connectivity index (χ1) is 14.3. The molecular formula is C24H30N2O3S. The van der Waals surface area contributed by atoms with Gasteiger partial charge in [-0.15, -0.1) is 0 Å². The van der Waals surface area contributed by atoms with E-state index in [2.05, 4.69) is 19.2 Å². The highest BCUT2D eigenvalue weighted by Crippen LogP contribution is 2.44. The van der Waals surface area contributed by atoms with Crippen LogP contribution in [0.1, 0.15) is 51.0 Å². The van der Waals surface area contributed by atoms with Gasteiger partial charge in [0.05, 0.1) is 10.6 Å². The highest BCUT2D eigenvalue weighted by Gasteiger charge is 2.40. The van der Waals surface area contributed by atoms with Crippen LogP contribution in [0, 0.1) is 11.8 Å². The lowest BCUT2D eigenvalue weighted by molar-refractivity contribution is -0.120. The molecule has 3 atom stereocenters. The summed E-state index contributed by atoms with van der Waals surface area (Å²) in [5.74, 6) is 1.37. The molecule has 2 aromatic rings. The summed E-state index contributed by atoms with van der Waals surface area (Å²) in [7, 11) is -3.85. The maximum absolute atomic E-state index is 13.4. The van der Waals surface area contributed by atoms with E-state index in [0.29, 0.717) is 23.4 Å². The van der Waals surface area contributed by atoms with Crippen molar-refractivity contribution in [3.05, 3.63) is 60.2 Å². The Bertz CT molecular complexity index is 987. The molecule has 0 aliphatic heterocycles. The largest absolute Gasteiger partial charge is 0.352 e. The molecule has 0 saturated heterocycles. The first-order valence-corrected chi connectivity index (χ1v) is 12.3. The van der Waals surface area contributed by atoms with Crippen LogP contribution in [0.3, 0.4) is 0 Å². The second-order valence-electron chi connectivity index (χ2n) is 8.92. The smallest absolute Gasteiger partial charge is 0.264 e. The molecule has 6 heteroatoms. The van der Waals surface area contributed by atoms with Gasteiger partial charge in [-0.1, -0.05) is 50.6 Å². The lowest BCUT2D eigenvalue weighted by Crippen LogP contribution is -2.46. The van der Waals surface area contributed by atoms with Crippen LogP contribution in [0.2, 0.25) is 0 Å². The third-order valence-corrected chi connectivity index (χ3v) is 8.34. The van der Waals surface area contributed by atoms with Gasteiger partial charge in [-0.05, 0) is 66.8 Å². The molecule has 0 heterocycles. The number of amides is 1. The third-order valence-electron chi connectivity index (χ3n) is 6.55. The fraction of sp³-hybridized carbons (Fsp3) is 0.458. The SMILES string of the molecule is CC(C)c1ccc(N(CC(=O)N[C@@H]2C[C@H]3CC[C@H]2C3)S(=O)(=O)c2ccccc2)cc1. The number of anilines is 1. The van der Waals surface area contributed by atoms with Gasteiger partial charge in [-0.2, -0.15) is 0 Å². The van der Waals surface area contributed by atoms with E-state index in [1.54, 1.807) is 42.5 Å². The van der Waals surface area contributed by atoms with Crippen molar-refractivity contribution in [1.82, 2.24) is 5.32 Å². The van der Waals surface area contributed by atoms with Crippen LogP contribution in [0.25, 0.3) is 0 Å². The number of carbonyl (C=O) groups is 1. The van der Waals surface area contributed by atoms with Crippen molar-refractivity contribution in [2.24, 2.45) is 11.8 Å². The Kier molecular flexibility index (Phi) is 5.87. The predicted octanol–water partition coefficient (Wildman–Crippen LogP) is 4.31. The van der Waals surface area contributed by atoms with Crippen LogP contribution < -0.4 is 9.62 Å². The van der Waals surface area contributed by atoms with Crippen molar-refractivity contribution in [3.63, 3.8) is 0 Å². The van der Waals surface area contributed by atoms with Gasteiger partial charge >= 0.3 is 0 Å². The van der Waals surface area contributed by atoms with Crippen molar-refractivity contribution in [2.45, 2.75) is 56.4 Å². The number of rotatable bonds is 7. The second kappa shape index (κ2) is 8.42. The lowest BCUT2D eigenvalue weighted by atomic mass is 9.95. The van der Waals surface area contributed by atoms with E-state index in [4.69, 9.17) is 0 Å². The zero-order valence-electron chi connectivity index (χ0n) is 17.6. The molecule has 2 aliphatic rings. The number of fused-ring (bicyclic) bond motifs is 2. The van der Waals surface area contributed by atoms with Gasteiger partial charge in [0.2, 0.25) is 5.91 Å². The molecule has 2 bridgehead atoms. The summed E-state index contributed by atoms with van der Waals surface area (Å²) in [5.41, 5.74) is 1.63. The zero-order valence-corrected chi connectivity index (χ0v) is 18.4. The van der Waals surface area contributed by atoms with Crippen LogP contribution in [0.5, 0.6) is 0 Å². The van der Waals surface area contributed by atoms with Crippen molar-refractivity contribution >= 4 is 21.6 Å². The summed E-state index contributed by atoms with van der Waals surface area (Å²) in [5, 5.41) is 3.12. The molecule has 2 saturated carbocycles. The molecule has 1 amide bonds. The zero-order chi connectivity index (χ0) is 21.3. The minimum Gasteiger partial charge on any atom is -0.352 e. The van der Waals surface area contributed by atoms with E-state index in [1.807, 2.05) is 12.1 Å². The molecule has 2 aromatic carbocycles. The Labute approximate surface area is 179 Å². The van der Waals surface area contributed by atoms with E-state index < -0.39 is 10.0 Å². The van der Waals surface area contributed by atoms with E-state index in [1.165, 1.54) is 17.1 Å². The van der Waals surface area contributed by atoms with Gasteiger partial charge in [-0.3, -0.25) is 9.10 Å². The molecule has 4 rings (SSSR count). The molecule has 0 aromatic heterocycles. The standard InChI is InChI=1S/C24H30N2O3S/c1-17(2)19-10-12-21(13-11-19)26(30(28,29)22-6-4-3-5-7-22)16-24(27)25-23-15-18-8-9-20(23)14-18/h3-7,10-13,17-18,20,23H,8-9,14-16H2,1-2H3,(H,25,27)/t18-,20-,23+/m0/s1. The summed E-state index contributed by atoms with van der Waals surface area (Å²) in [6.07, 6.45) is 4.63. The van der Waals surface area contributed by atoms with Crippen LogP contribution in [-0.4, -0.2) is 26.9 Å². The molecule has 5 nitrogen and oxygen atoms in total. The fourth-order valence-electron chi connectivity index (χ4n) is 4.86. The number of nitrogens with one attached hydrogen (secondary N) is 1. The molecule has 0 spiro atoms. The second-order valence-corrected chi connectivity index (χ2v) is 10.8. The minimum absolute atomic E-state index is 0.181. The maximum Gasteiger partial charge on any atom is 0.264 e. The molecule has 160 valence electrons. The third kappa shape index (κ3) is 4.24. The average molecular weight is 427 g/mol. The van der Waals surface area contributed by atoms with Crippen molar-refractivity contribution in [2.75, 3.05) is 10.8 Å². The summed E-state index contributed by atoms with van der Waals surface area (Å²) < 4.78 is 28.0. The Hall–Kier alpha value is -2.34. The van der Waals surface area contributed by atoms with E-state index >= 15 is 0 Å². The topological polar surface area (TPSA) is 66.5 Å². The van der Waals surface area contributed by atoms with E-state index in [0.717, 1.165) is 18.4 Å². The van der Waals surface area contributed by atoms with Gasteiger partial charge in [0.1, 0.15) is 6.54 Å². The number of carbonyl (C=O) groups excluding carboxylic acids is 1. The summed E-state index contributed by atoms with van der Waals surface area (Å²) in [6, 6.07) is 15.9. The summed E-state index contributed by atoms with van der Waals surface area (Å²) in [4.78, 5) is 13.1. The quantitative estimate of drug-likeness (QED) is 0.717. The van der Waals surface area contributed by atoms with Gasteiger partial charge in [0.15, 0.2) is 0 Å². The molecule has 2 fully saturated rings. The number of hydrogen-bond donors (Lipinski definition) is 1. The van der Waals surface area contributed by atoms with Crippen molar-refractivity contribution in [1.29, 1.82) is 0 Å². The first kappa shape index (κ1) is 20.9. The van der Waals surface area contributed by atoms with Gasteiger partial charge in [-0.25, -0.2) is 8.42 Å². The van der Waals surface area contributed by atoms with Crippen LogP contribution >= 0.6 is 0 Å². The number of benzene rings is 2. The van der Waals surface area contributed by atoms with Gasteiger partial charge in [0.25, 0.3) is 10.0 Å². The molecule has 30 heavy (non-hydrogen) atoms. The van der Waals surface area contributed by atoms with E-state index in [9.17, 15) is 13.2 Å². The van der Waals surface area contributed by atoms with Crippen LogP contribution in [0.15, 0.2) is 59.5 Å². The molecule has 1 N–H and O–H groups in total. The number of sulfonamides is 1. The fourth-order valence-corrected chi connectivity index (χ4v) is 6.31. The Morgan fingerprint density at radius 3 is 2.30 bits per heavy atom. The molecule has 2 aliphatic carbocycles. The Balaban J connectivity index is 1.59. The van der Waals surface area contributed by atoms with E-state index in [-0.39, 0.29) is 23.4 Å². The Morgan fingerprint density at radius 1 is 1.03 bits per heavy atom. The van der Waals surface area contributed by atoms with Crippen molar-refractivity contribution in [3.8, 4) is 0 Å². The highest BCUT2D eigenvalue weighted by atomic mass is 32.2. The van der Waals surface area contributed by atoms with Gasteiger partial charge in [0, 0.05) is 6.04 Å². The molecular weight excluding hydrogens is 396 g/mol. The molecule has 0 radical (unpaired) electrons. The summed E-state index contributed by atoms with van der Waals surface area (Å²) >= 11 is 0.